The highest BCUT2D eigenvalue weighted by atomic mass is 19.1. The van der Waals surface area contributed by atoms with E-state index >= 15 is 0 Å². The third kappa shape index (κ3) is 3.91. The molecular weight excluding hydrogens is 413 g/mol. The van der Waals surface area contributed by atoms with E-state index in [0.29, 0.717) is 34.9 Å². The molecule has 32 heavy (non-hydrogen) atoms. The molecule has 0 aliphatic carbocycles. The number of nitrogens with one attached hydrogen (secondary N) is 1. The predicted octanol–water partition coefficient (Wildman–Crippen LogP) is 3.39. The van der Waals surface area contributed by atoms with Gasteiger partial charge in [0, 0.05) is 19.2 Å². The Hall–Kier alpha value is -3.81. The maximum atomic E-state index is 13.5. The third-order valence-electron chi connectivity index (χ3n) is 5.60. The summed E-state index contributed by atoms with van der Waals surface area (Å²) in [6.07, 6.45) is 1.62. The van der Waals surface area contributed by atoms with Crippen LogP contribution in [0.15, 0.2) is 66.4 Å². The number of carbonyl (C=O) groups excluding carboxylic acids is 2. The number of hydrogen-bond acceptors (Lipinski definition) is 4. The van der Waals surface area contributed by atoms with Crippen molar-refractivity contribution in [2.24, 2.45) is 0 Å². The molecule has 1 atom stereocenters. The highest BCUT2D eigenvalue weighted by molar-refractivity contribution is 6.01. The number of amides is 3. The summed E-state index contributed by atoms with van der Waals surface area (Å²) in [5, 5.41) is 2.94. The average molecular weight is 437 g/mol. The number of halogens is 1. The number of benzene rings is 2. The van der Waals surface area contributed by atoms with Gasteiger partial charge < -0.3 is 19.7 Å². The molecule has 0 unspecified atom stereocenters. The third-order valence-corrected chi connectivity index (χ3v) is 5.60. The van der Waals surface area contributed by atoms with Crippen molar-refractivity contribution in [3.63, 3.8) is 0 Å². The Labute approximate surface area is 185 Å². The van der Waals surface area contributed by atoms with Gasteiger partial charge in [-0.3, -0.25) is 9.69 Å². The van der Waals surface area contributed by atoms with Crippen LogP contribution in [0.5, 0.6) is 11.5 Å². The summed E-state index contributed by atoms with van der Waals surface area (Å²) in [6.45, 7) is 4.57. The van der Waals surface area contributed by atoms with E-state index in [1.54, 1.807) is 55.5 Å². The molecule has 1 N–H and O–H groups in total. The van der Waals surface area contributed by atoms with Crippen LogP contribution in [0.1, 0.15) is 17.2 Å². The average Bonchev–Trinajstić information content (AvgIpc) is 3.12. The molecule has 0 radical (unpaired) electrons. The van der Waals surface area contributed by atoms with Crippen LogP contribution in [0.25, 0.3) is 0 Å². The van der Waals surface area contributed by atoms with Gasteiger partial charge in [-0.1, -0.05) is 18.2 Å². The molecule has 7 nitrogen and oxygen atoms in total. The highest BCUT2D eigenvalue weighted by Gasteiger charge is 2.43. The van der Waals surface area contributed by atoms with Gasteiger partial charge in [0.1, 0.15) is 17.3 Å². The van der Waals surface area contributed by atoms with E-state index in [4.69, 9.17) is 9.47 Å². The predicted molar refractivity (Wildman–Crippen MR) is 117 cm³/mol. The number of hydrogen-bond donors (Lipinski definition) is 1. The minimum Gasteiger partial charge on any atom is -0.497 e. The Morgan fingerprint density at radius 2 is 1.78 bits per heavy atom. The van der Waals surface area contributed by atoms with Crippen molar-refractivity contribution in [3.8, 4) is 11.5 Å². The molecule has 4 rings (SSSR count). The smallest absolute Gasteiger partial charge is 0.322 e. The molecule has 0 saturated carbocycles. The minimum atomic E-state index is -0.659. The molecule has 2 aliphatic heterocycles. The second kappa shape index (κ2) is 8.74. The van der Waals surface area contributed by atoms with Crippen LogP contribution in [0, 0.1) is 5.82 Å². The molecular formula is C24H24FN3O4. The van der Waals surface area contributed by atoms with Crippen molar-refractivity contribution in [1.29, 1.82) is 0 Å². The van der Waals surface area contributed by atoms with Gasteiger partial charge >= 0.3 is 6.03 Å². The second-order valence-corrected chi connectivity index (χ2v) is 7.58. The summed E-state index contributed by atoms with van der Waals surface area (Å²) in [4.78, 5) is 29.6. The zero-order chi connectivity index (χ0) is 22.8. The summed E-state index contributed by atoms with van der Waals surface area (Å²) in [5.74, 6) is 0.582. The Morgan fingerprint density at radius 3 is 2.38 bits per heavy atom. The molecule has 0 saturated heterocycles. The van der Waals surface area contributed by atoms with Crippen LogP contribution in [0.3, 0.4) is 0 Å². The van der Waals surface area contributed by atoms with Crippen molar-refractivity contribution in [3.05, 3.63) is 83.3 Å². The molecule has 2 aromatic rings. The van der Waals surface area contributed by atoms with E-state index in [9.17, 15) is 14.0 Å². The van der Waals surface area contributed by atoms with Gasteiger partial charge in [0.15, 0.2) is 0 Å². The van der Waals surface area contributed by atoms with Crippen molar-refractivity contribution < 1.29 is 23.5 Å². The fourth-order valence-corrected chi connectivity index (χ4v) is 4.05. The van der Waals surface area contributed by atoms with Crippen molar-refractivity contribution in [2.75, 3.05) is 27.3 Å². The minimum absolute atomic E-state index is 0.190. The van der Waals surface area contributed by atoms with Gasteiger partial charge in [-0.2, -0.15) is 0 Å². The van der Waals surface area contributed by atoms with Gasteiger partial charge in [-0.05, 0) is 35.4 Å². The van der Waals surface area contributed by atoms with Gasteiger partial charge in [0.05, 0.1) is 38.1 Å². The maximum absolute atomic E-state index is 13.5. The lowest BCUT2D eigenvalue weighted by atomic mass is 9.95. The van der Waals surface area contributed by atoms with E-state index in [1.165, 1.54) is 17.0 Å². The summed E-state index contributed by atoms with van der Waals surface area (Å²) in [7, 11) is 3.08. The van der Waals surface area contributed by atoms with Crippen LogP contribution in [-0.2, 0) is 11.3 Å². The first-order chi connectivity index (χ1) is 15.4. The van der Waals surface area contributed by atoms with E-state index in [2.05, 4.69) is 11.9 Å². The second-order valence-electron chi connectivity index (χ2n) is 7.58. The molecule has 0 aromatic heterocycles. The first-order valence-electron chi connectivity index (χ1n) is 10.1. The largest absolute Gasteiger partial charge is 0.497 e. The van der Waals surface area contributed by atoms with E-state index in [1.807, 2.05) is 0 Å². The van der Waals surface area contributed by atoms with Crippen molar-refractivity contribution >= 4 is 11.9 Å². The number of methoxy groups -OCH3 is 2. The summed E-state index contributed by atoms with van der Waals surface area (Å²) in [5.41, 5.74) is 2.60. The standard InChI is InChI=1S/C24H24FN3O4/c1-4-9-28-20-14-27(13-15-5-7-17(25)8-6-15)23(29)21(20)22(26-24(28)30)16-10-18(31-2)12-19(11-16)32-3/h4-8,10-12,22H,1,9,13-14H2,2-3H3,(H,26,30)/t22-/m1/s1. The number of nitrogens with zero attached hydrogens (tertiary/aromatic N) is 2. The molecule has 8 heteroatoms. The van der Waals surface area contributed by atoms with Gasteiger partial charge in [-0.15, -0.1) is 6.58 Å². The topological polar surface area (TPSA) is 71.1 Å². The normalized spacial score (nSPS) is 17.9. The number of urea groups is 1. The lowest BCUT2D eigenvalue weighted by Crippen LogP contribution is -2.47. The number of ether oxygens (including phenoxy) is 2. The van der Waals surface area contributed by atoms with Crippen LogP contribution < -0.4 is 14.8 Å². The van der Waals surface area contributed by atoms with Crippen molar-refractivity contribution in [1.82, 2.24) is 15.1 Å². The lowest BCUT2D eigenvalue weighted by molar-refractivity contribution is -0.126. The molecule has 3 amide bonds. The van der Waals surface area contributed by atoms with Gasteiger partial charge in [-0.25, -0.2) is 9.18 Å². The maximum Gasteiger partial charge on any atom is 0.322 e. The Morgan fingerprint density at radius 1 is 1.12 bits per heavy atom. The van der Waals surface area contributed by atoms with Crippen LogP contribution in [-0.4, -0.2) is 49.0 Å². The van der Waals surface area contributed by atoms with Crippen LogP contribution in [0.4, 0.5) is 9.18 Å². The quantitative estimate of drug-likeness (QED) is 0.674. The zero-order valence-electron chi connectivity index (χ0n) is 17.9. The SMILES string of the molecule is C=CCN1C(=O)N[C@H](c2cc(OC)cc(OC)c2)C2=C1CN(Cc1ccc(F)cc1)C2=O. The molecule has 166 valence electrons. The zero-order valence-corrected chi connectivity index (χ0v) is 17.9. The molecule has 2 aromatic carbocycles. The van der Waals surface area contributed by atoms with E-state index in [-0.39, 0.29) is 30.8 Å². The Bertz CT molecular complexity index is 1070. The molecule has 2 heterocycles. The monoisotopic (exact) mass is 437 g/mol. The van der Waals surface area contributed by atoms with Crippen molar-refractivity contribution in [2.45, 2.75) is 12.6 Å². The van der Waals surface area contributed by atoms with E-state index < -0.39 is 6.04 Å². The van der Waals surface area contributed by atoms with Gasteiger partial charge in [0.25, 0.3) is 5.91 Å². The summed E-state index contributed by atoms with van der Waals surface area (Å²) in [6, 6.07) is 10.3. The lowest BCUT2D eigenvalue weighted by Gasteiger charge is -2.33. The van der Waals surface area contributed by atoms with Crippen LogP contribution in [0.2, 0.25) is 0 Å². The highest BCUT2D eigenvalue weighted by Crippen LogP contribution is 2.39. The molecule has 0 spiro atoms. The first-order valence-corrected chi connectivity index (χ1v) is 10.1. The number of rotatable bonds is 7. The fraction of sp³-hybridized carbons (Fsp3) is 0.250. The summed E-state index contributed by atoms with van der Waals surface area (Å²) < 4.78 is 24.0. The molecule has 0 bridgehead atoms. The van der Waals surface area contributed by atoms with Crippen LogP contribution >= 0.6 is 0 Å². The molecule has 0 fully saturated rings. The fourth-order valence-electron chi connectivity index (χ4n) is 4.05. The molecule has 2 aliphatic rings. The summed E-state index contributed by atoms with van der Waals surface area (Å²) >= 11 is 0. The number of carbonyl (C=O) groups is 2. The Kier molecular flexibility index (Phi) is 5.85. The van der Waals surface area contributed by atoms with Gasteiger partial charge in [0.2, 0.25) is 0 Å². The first kappa shape index (κ1) is 21.4. The van der Waals surface area contributed by atoms with E-state index in [0.717, 1.165) is 5.56 Å². The Balaban J connectivity index is 1.73.